The topological polar surface area (TPSA) is 17.1 Å². The van der Waals surface area contributed by atoms with Gasteiger partial charge in [0.2, 0.25) is 0 Å². The van der Waals surface area contributed by atoms with Crippen LogP contribution in [0.2, 0.25) is 0 Å². The number of carbonyl (C=O) groups excluding carboxylic acids is 1. The summed E-state index contributed by atoms with van der Waals surface area (Å²) in [6, 6.07) is 0. The Morgan fingerprint density at radius 1 is 1.44 bits per heavy atom. The molecule has 0 fully saturated rings. The third kappa shape index (κ3) is 1.73. The van der Waals surface area contributed by atoms with Crippen molar-refractivity contribution < 1.29 is 4.79 Å². The molecule has 82 valence electrons. The molecule has 0 aliphatic heterocycles. The van der Waals surface area contributed by atoms with Gasteiger partial charge in [0, 0.05) is 23.8 Å². The van der Waals surface area contributed by atoms with Crippen molar-refractivity contribution in [3.8, 4) is 0 Å². The van der Waals surface area contributed by atoms with Crippen LogP contribution >= 0.6 is 0 Å². The van der Waals surface area contributed by atoms with E-state index in [0.29, 0.717) is 6.42 Å². The lowest BCUT2D eigenvalue weighted by atomic mass is 9.73. The fourth-order valence-electron chi connectivity index (χ4n) is 2.33. The van der Waals surface area contributed by atoms with E-state index in [1.165, 1.54) is 5.57 Å². The summed E-state index contributed by atoms with van der Waals surface area (Å²) in [4.78, 5) is 11.9. The van der Waals surface area contributed by atoms with Crippen molar-refractivity contribution in [3.63, 3.8) is 0 Å². The van der Waals surface area contributed by atoms with Gasteiger partial charge in [-0.2, -0.15) is 0 Å². The van der Waals surface area contributed by atoms with Crippen LogP contribution in [0, 0.1) is 11.8 Å². The molecule has 1 nitrogen and oxygen atoms in total. The SMILES string of the molecule is C=CC1C=CC=C2C=CC=C(C(=O)CC)C21. The fourth-order valence-corrected chi connectivity index (χ4v) is 2.33. The quantitative estimate of drug-likeness (QED) is 0.655. The number of carbonyl (C=O) groups is 1. The number of ketones is 1. The van der Waals surface area contributed by atoms with Crippen molar-refractivity contribution in [2.75, 3.05) is 0 Å². The summed E-state index contributed by atoms with van der Waals surface area (Å²) < 4.78 is 0. The van der Waals surface area contributed by atoms with Gasteiger partial charge in [0.25, 0.3) is 0 Å². The van der Waals surface area contributed by atoms with Crippen molar-refractivity contribution in [2.45, 2.75) is 13.3 Å². The van der Waals surface area contributed by atoms with Gasteiger partial charge in [-0.05, 0) is 5.57 Å². The molecular weight excluding hydrogens is 196 g/mol. The third-order valence-corrected chi connectivity index (χ3v) is 3.18. The van der Waals surface area contributed by atoms with Crippen LogP contribution in [0.4, 0.5) is 0 Å². The van der Waals surface area contributed by atoms with Gasteiger partial charge in [0.15, 0.2) is 5.78 Å². The first-order chi connectivity index (χ1) is 7.77. The van der Waals surface area contributed by atoms with E-state index in [-0.39, 0.29) is 17.6 Å². The summed E-state index contributed by atoms with van der Waals surface area (Å²) in [6.07, 6.45) is 14.7. The molecule has 0 amide bonds. The molecule has 0 bridgehead atoms. The first-order valence-corrected chi connectivity index (χ1v) is 5.70. The molecular formula is C15H16O. The van der Waals surface area contributed by atoms with Crippen molar-refractivity contribution in [2.24, 2.45) is 11.8 Å². The second kappa shape index (κ2) is 4.48. The van der Waals surface area contributed by atoms with E-state index in [9.17, 15) is 4.79 Å². The number of hydrogen-bond donors (Lipinski definition) is 0. The van der Waals surface area contributed by atoms with Crippen molar-refractivity contribution in [1.29, 1.82) is 0 Å². The largest absolute Gasteiger partial charge is 0.295 e. The molecule has 2 aliphatic carbocycles. The van der Waals surface area contributed by atoms with Gasteiger partial charge in [-0.1, -0.05) is 49.5 Å². The molecule has 0 N–H and O–H groups in total. The van der Waals surface area contributed by atoms with E-state index in [2.05, 4.69) is 24.8 Å². The van der Waals surface area contributed by atoms with Crippen molar-refractivity contribution in [1.82, 2.24) is 0 Å². The molecule has 0 saturated carbocycles. The molecule has 2 atom stereocenters. The molecule has 2 rings (SSSR count). The Labute approximate surface area is 96.6 Å². The van der Waals surface area contributed by atoms with Crippen LogP contribution in [-0.4, -0.2) is 5.78 Å². The molecule has 0 radical (unpaired) electrons. The fraction of sp³-hybridized carbons (Fsp3) is 0.267. The van der Waals surface area contributed by atoms with Crippen LogP contribution in [0.3, 0.4) is 0 Å². The van der Waals surface area contributed by atoms with Gasteiger partial charge in [0.05, 0.1) is 0 Å². The first-order valence-electron chi connectivity index (χ1n) is 5.70. The second-order valence-corrected chi connectivity index (χ2v) is 4.10. The summed E-state index contributed by atoms with van der Waals surface area (Å²) in [5.41, 5.74) is 2.14. The normalized spacial score (nSPS) is 26.8. The minimum atomic E-state index is 0.181. The minimum Gasteiger partial charge on any atom is -0.295 e. The summed E-state index contributed by atoms with van der Waals surface area (Å²) in [6.45, 7) is 5.76. The molecule has 1 heteroatoms. The highest BCUT2D eigenvalue weighted by atomic mass is 16.1. The predicted molar refractivity (Wildman–Crippen MR) is 66.9 cm³/mol. The maximum absolute atomic E-state index is 11.9. The smallest absolute Gasteiger partial charge is 0.159 e. The van der Waals surface area contributed by atoms with Crippen molar-refractivity contribution >= 4 is 5.78 Å². The van der Waals surface area contributed by atoms with E-state index in [1.54, 1.807) is 0 Å². The Morgan fingerprint density at radius 2 is 2.25 bits per heavy atom. The number of hydrogen-bond acceptors (Lipinski definition) is 1. The second-order valence-electron chi connectivity index (χ2n) is 4.10. The zero-order valence-corrected chi connectivity index (χ0v) is 9.52. The maximum atomic E-state index is 11.9. The van der Waals surface area contributed by atoms with Gasteiger partial charge in [0.1, 0.15) is 0 Å². The van der Waals surface area contributed by atoms with E-state index in [4.69, 9.17) is 0 Å². The van der Waals surface area contributed by atoms with Gasteiger partial charge in [-0.15, -0.1) is 6.58 Å². The summed E-state index contributed by atoms with van der Waals surface area (Å²) in [5, 5.41) is 0. The molecule has 2 aliphatic rings. The van der Waals surface area contributed by atoms with Crippen LogP contribution in [0.15, 0.2) is 60.3 Å². The van der Waals surface area contributed by atoms with E-state index in [0.717, 1.165) is 5.57 Å². The van der Waals surface area contributed by atoms with Crippen LogP contribution < -0.4 is 0 Å². The van der Waals surface area contributed by atoms with Gasteiger partial charge >= 0.3 is 0 Å². The molecule has 0 aromatic heterocycles. The van der Waals surface area contributed by atoms with Crippen molar-refractivity contribution in [3.05, 3.63) is 60.3 Å². The van der Waals surface area contributed by atoms with Crippen LogP contribution in [0.1, 0.15) is 13.3 Å². The van der Waals surface area contributed by atoms with E-state index < -0.39 is 0 Å². The van der Waals surface area contributed by atoms with Gasteiger partial charge in [-0.25, -0.2) is 0 Å². The zero-order chi connectivity index (χ0) is 11.5. The highest BCUT2D eigenvalue weighted by Crippen LogP contribution is 2.37. The summed E-state index contributed by atoms with van der Waals surface area (Å²) >= 11 is 0. The Morgan fingerprint density at radius 3 is 2.94 bits per heavy atom. The standard InChI is InChI=1S/C15H16O/c1-3-11-7-5-8-12-9-6-10-13(15(11)12)14(16)4-2/h3,5-11,15H,1,4H2,2H3. The molecule has 0 aromatic carbocycles. The molecule has 0 aromatic rings. The van der Waals surface area contributed by atoms with E-state index >= 15 is 0 Å². The monoisotopic (exact) mass is 212 g/mol. The van der Waals surface area contributed by atoms with Crippen LogP contribution in [-0.2, 0) is 4.79 Å². The average molecular weight is 212 g/mol. The van der Waals surface area contributed by atoms with Gasteiger partial charge < -0.3 is 0 Å². The molecule has 0 spiro atoms. The Bertz CT molecular complexity index is 432. The first kappa shape index (κ1) is 10.9. The molecule has 0 saturated heterocycles. The average Bonchev–Trinajstić information content (AvgIpc) is 2.36. The lowest BCUT2D eigenvalue weighted by Crippen LogP contribution is -2.23. The minimum absolute atomic E-state index is 0.181. The summed E-state index contributed by atoms with van der Waals surface area (Å²) in [5.74, 6) is 0.661. The molecule has 0 heterocycles. The highest BCUT2D eigenvalue weighted by molar-refractivity contribution is 5.97. The Hall–Kier alpha value is -1.63. The highest BCUT2D eigenvalue weighted by Gasteiger charge is 2.29. The van der Waals surface area contributed by atoms with Crippen LogP contribution in [0.5, 0.6) is 0 Å². The number of allylic oxidation sites excluding steroid dienone is 9. The maximum Gasteiger partial charge on any atom is 0.159 e. The lowest BCUT2D eigenvalue weighted by molar-refractivity contribution is -0.115. The number of Topliss-reactive ketones (excluding diaryl/α,β-unsaturated/α-hetero) is 1. The number of rotatable bonds is 3. The number of fused-ring (bicyclic) bond motifs is 1. The lowest BCUT2D eigenvalue weighted by Gasteiger charge is -2.29. The van der Waals surface area contributed by atoms with E-state index in [1.807, 2.05) is 31.2 Å². The zero-order valence-electron chi connectivity index (χ0n) is 9.52. The van der Waals surface area contributed by atoms with Gasteiger partial charge in [-0.3, -0.25) is 4.79 Å². The molecule has 2 unspecified atom stereocenters. The Balaban J connectivity index is 2.40. The third-order valence-electron chi connectivity index (χ3n) is 3.18. The Kier molecular flexibility index (Phi) is 3.04. The predicted octanol–water partition coefficient (Wildman–Crippen LogP) is 3.38. The molecule has 16 heavy (non-hydrogen) atoms. The van der Waals surface area contributed by atoms with Crippen LogP contribution in [0.25, 0.3) is 0 Å². The summed E-state index contributed by atoms with van der Waals surface area (Å²) in [7, 11) is 0.